The van der Waals surface area contributed by atoms with E-state index in [4.69, 9.17) is 14.2 Å². The van der Waals surface area contributed by atoms with E-state index in [-0.39, 0.29) is 5.92 Å². The Morgan fingerprint density at radius 3 is 2.24 bits per heavy atom. The van der Waals surface area contributed by atoms with Crippen LogP contribution < -0.4 is 14.2 Å². The second kappa shape index (κ2) is 6.85. The molecule has 0 fully saturated rings. The monoisotopic (exact) mass is 382 g/mol. The van der Waals surface area contributed by atoms with Gasteiger partial charge in [-0.2, -0.15) is 0 Å². The van der Waals surface area contributed by atoms with Gasteiger partial charge in [-0.3, -0.25) is 0 Å². The van der Waals surface area contributed by atoms with E-state index in [1.165, 1.54) is 27.6 Å². The van der Waals surface area contributed by atoms with Crippen molar-refractivity contribution in [2.24, 2.45) is 0 Å². The summed E-state index contributed by atoms with van der Waals surface area (Å²) in [5, 5.41) is 2.37. The quantitative estimate of drug-likeness (QED) is 0.380. The molecule has 144 valence electrons. The van der Waals surface area contributed by atoms with Crippen LogP contribution in [-0.4, -0.2) is 21.3 Å². The first-order valence-corrected chi connectivity index (χ1v) is 9.67. The van der Waals surface area contributed by atoms with E-state index in [1.54, 1.807) is 21.3 Å². The van der Waals surface area contributed by atoms with Crippen molar-refractivity contribution in [3.63, 3.8) is 0 Å². The Kier molecular flexibility index (Phi) is 4.17. The maximum absolute atomic E-state index is 5.91. The first-order chi connectivity index (χ1) is 14.3. The van der Waals surface area contributed by atoms with E-state index in [0.29, 0.717) is 0 Å². The van der Waals surface area contributed by atoms with E-state index >= 15 is 0 Å². The fourth-order valence-corrected chi connectivity index (χ4v) is 4.61. The first kappa shape index (κ1) is 17.6. The molecule has 3 nitrogen and oxygen atoms in total. The third kappa shape index (κ3) is 2.58. The average Bonchev–Trinajstić information content (AvgIpc) is 3.14. The summed E-state index contributed by atoms with van der Waals surface area (Å²) in [5.41, 5.74) is 5.92. The maximum Gasteiger partial charge on any atom is 0.127 e. The van der Waals surface area contributed by atoms with Gasteiger partial charge in [0.2, 0.25) is 0 Å². The molecule has 0 spiro atoms. The highest BCUT2D eigenvalue weighted by atomic mass is 16.5. The predicted octanol–water partition coefficient (Wildman–Crippen LogP) is 6.03. The van der Waals surface area contributed by atoms with Crippen LogP contribution in [0.1, 0.15) is 22.6 Å². The number of methoxy groups -OCH3 is 3. The lowest BCUT2D eigenvalue weighted by Gasteiger charge is -2.18. The Labute approximate surface area is 170 Å². The molecular formula is C26H22O3. The lowest BCUT2D eigenvalue weighted by Crippen LogP contribution is -2.02. The van der Waals surface area contributed by atoms with E-state index in [2.05, 4.69) is 54.6 Å². The fraction of sp³-hybridized carbons (Fsp3) is 0.154. The minimum atomic E-state index is 0.0461. The van der Waals surface area contributed by atoms with Crippen molar-refractivity contribution in [2.45, 2.75) is 5.92 Å². The number of rotatable bonds is 4. The zero-order chi connectivity index (χ0) is 20.0. The Morgan fingerprint density at radius 2 is 1.45 bits per heavy atom. The number of ether oxygens (including phenoxy) is 3. The highest BCUT2D eigenvalue weighted by molar-refractivity contribution is 6.05. The molecular weight excluding hydrogens is 360 g/mol. The van der Waals surface area contributed by atoms with Crippen LogP contribution in [0.2, 0.25) is 0 Å². The Bertz CT molecular complexity index is 1230. The number of benzene rings is 4. The van der Waals surface area contributed by atoms with Crippen molar-refractivity contribution < 1.29 is 14.2 Å². The molecule has 3 heteroatoms. The van der Waals surface area contributed by atoms with Gasteiger partial charge in [-0.15, -0.1) is 0 Å². The molecule has 1 aliphatic carbocycles. The van der Waals surface area contributed by atoms with Crippen molar-refractivity contribution >= 4 is 10.8 Å². The molecule has 0 heterocycles. The molecule has 4 aromatic carbocycles. The Hall–Kier alpha value is -3.46. The van der Waals surface area contributed by atoms with E-state index < -0.39 is 0 Å². The lowest BCUT2D eigenvalue weighted by molar-refractivity contribution is 0.409. The molecule has 0 radical (unpaired) electrons. The van der Waals surface area contributed by atoms with Crippen molar-refractivity contribution in [1.29, 1.82) is 0 Å². The Balaban J connectivity index is 1.92. The molecule has 0 aliphatic heterocycles. The van der Waals surface area contributed by atoms with Gasteiger partial charge in [0.25, 0.3) is 0 Å². The van der Waals surface area contributed by atoms with Gasteiger partial charge in [0.1, 0.15) is 17.2 Å². The molecule has 1 atom stereocenters. The summed E-state index contributed by atoms with van der Waals surface area (Å²) in [7, 11) is 5.18. The molecule has 0 amide bonds. The molecule has 0 saturated heterocycles. The highest BCUT2D eigenvalue weighted by Gasteiger charge is 2.36. The largest absolute Gasteiger partial charge is 0.497 e. The van der Waals surface area contributed by atoms with Crippen LogP contribution in [0.5, 0.6) is 17.2 Å². The van der Waals surface area contributed by atoms with Crippen molar-refractivity contribution in [3.8, 4) is 28.4 Å². The molecule has 4 aromatic rings. The summed E-state index contributed by atoms with van der Waals surface area (Å²) in [6.45, 7) is 0. The maximum atomic E-state index is 5.91. The second-order valence-corrected chi connectivity index (χ2v) is 7.22. The van der Waals surface area contributed by atoms with Gasteiger partial charge >= 0.3 is 0 Å². The molecule has 1 unspecified atom stereocenters. The summed E-state index contributed by atoms with van der Waals surface area (Å²) >= 11 is 0. The summed E-state index contributed by atoms with van der Waals surface area (Å²) < 4.78 is 17.2. The Morgan fingerprint density at radius 1 is 0.655 bits per heavy atom. The third-order valence-corrected chi connectivity index (χ3v) is 5.83. The fourth-order valence-electron chi connectivity index (χ4n) is 4.61. The summed E-state index contributed by atoms with van der Waals surface area (Å²) in [5.74, 6) is 2.67. The van der Waals surface area contributed by atoms with E-state index in [0.717, 1.165) is 28.2 Å². The van der Waals surface area contributed by atoms with Gasteiger partial charge < -0.3 is 14.2 Å². The van der Waals surface area contributed by atoms with Crippen LogP contribution in [0.3, 0.4) is 0 Å². The van der Waals surface area contributed by atoms with Crippen molar-refractivity contribution in [1.82, 2.24) is 0 Å². The first-order valence-electron chi connectivity index (χ1n) is 9.67. The molecule has 0 aromatic heterocycles. The summed E-state index contributed by atoms with van der Waals surface area (Å²) in [6.07, 6.45) is 0. The molecule has 0 saturated carbocycles. The normalized spacial score (nSPS) is 14.4. The zero-order valence-corrected chi connectivity index (χ0v) is 16.7. The molecule has 1 aliphatic rings. The van der Waals surface area contributed by atoms with Gasteiger partial charge in [-0.05, 0) is 46.2 Å². The molecule has 29 heavy (non-hydrogen) atoms. The van der Waals surface area contributed by atoms with Gasteiger partial charge in [-0.1, -0.05) is 48.5 Å². The van der Waals surface area contributed by atoms with Crippen molar-refractivity contribution in [3.05, 3.63) is 89.5 Å². The van der Waals surface area contributed by atoms with Crippen LogP contribution in [0.25, 0.3) is 21.9 Å². The predicted molar refractivity (Wildman–Crippen MR) is 116 cm³/mol. The van der Waals surface area contributed by atoms with Crippen LogP contribution >= 0.6 is 0 Å². The topological polar surface area (TPSA) is 27.7 Å². The van der Waals surface area contributed by atoms with Crippen LogP contribution in [0.4, 0.5) is 0 Å². The number of hydrogen-bond acceptors (Lipinski definition) is 3. The van der Waals surface area contributed by atoms with E-state index in [9.17, 15) is 0 Å². The van der Waals surface area contributed by atoms with Gasteiger partial charge in [0.15, 0.2) is 0 Å². The summed E-state index contributed by atoms with van der Waals surface area (Å²) in [6, 6.07) is 25.2. The van der Waals surface area contributed by atoms with Gasteiger partial charge in [0, 0.05) is 22.6 Å². The lowest BCUT2D eigenvalue weighted by atomic mass is 9.88. The van der Waals surface area contributed by atoms with Crippen LogP contribution in [0, 0.1) is 0 Å². The van der Waals surface area contributed by atoms with E-state index in [1.807, 2.05) is 18.2 Å². The third-order valence-electron chi connectivity index (χ3n) is 5.83. The highest BCUT2D eigenvalue weighted by Crippen LogP contribution is 2.57. The van der Waals surface area contributed by atoms with Crippen LogP contribution in [-0.2, 0) is 0 Å². The molecule has 5 rings (SSSR count). The second-order valence-electron chi connectivity index (χ2n) is 7.22. The smallest absolute Gasteiger partial charge is 0.127 e. The van der Waals surface area contributed by atoms with Gasteiger partial charge in [-0.25, -0.2) is 0 Å². The zero-order valence-electron chi connectivity index (χ0n) is 16.7. The average molecular weight is 382 g/mol. The minimum Gasteiger partial charge on any atom is -0.497 e. The molecule has 0 N–H and O–H groups in total. The molecule has 0 bridgehead atoms. The standard InChI is InChI=1S/C26H22O3/c1-27-18-10-6-9-17(14-18)23-20-12-7-13-21(28-2)24(20)25-19-11-5-4-8-16(19)15-22(29-3)26(23)25/h4-15,23H,1-3H3. The minimum absolute atomic E-state index is 0.0461. The van der Waals surface area contributed by atoms with Crippen LogP contribution in [0.15, 0.2) is 72.8 Å². The van der Waals surface area contributed by atoms with Gasteiger partial charge in [0.05, 0.1) is 21.3 Å². The SMILES string of the molecule is COc1cccc(C2c3cccc(OC)c3-c3c2c(OC)cc2ccccc32)c1. The summed E-state index contributed by atoms with van der Waals surface area (Å²) in [4.78, 5) is 0. The number of hydrogen-bond donors (Lipinski definition) is 0. The van der Waals surface area contributed by atoms with Crippen molar-refractivity contribution in [2.75, 3.05) is 21.3 Å². The number of fused-ring (bicyclic) bond motifs is 5.